The molecule has 1 saturated heterocycles. The Morgan fingerprint density at radius 1 is 1.03 bits per heavy atom. The molecule has 4 rings (SSSR count). The smallest absolute Gasteiger partial charge is 0.273 e. The summed E-state index contributed by atoms with van der Waals surface area (Å²) in [6, 6.07) is 18.9. The number of ether oxygens (including phenoxy) is 1. The fraction of sp³-hybridized carbons (Fsp3) is 0.385. The van der Waals surface area contributed by atoms with E-state index in [-0.39, 0.29) is 5.91 Å². The van der Waals surface area contributed by atoms with E-state index < -0.39 is 0 Å². The molecule has 7 heteroatoms. The third-order valence-electron chi connectivity index (χ3n) is 5.70. The minimum absolute atomic E-state index is 0.202. The van der Waals surface area contributed by atoms with Crippen LogP contribution in [0, 0.1) is 6.92 Å². The van der Waals surface area contributed by atoms with Gasteiger partial charge in [-0.1, -0.05) is 60.2 Å². The van der Waals surface area contributed by atoms with E-state index in [9.17, 15) is 4.79 Å². The van der Waals surface area contributed by atoms with E-state index in [2.05, 4.69) is 63.4 Å². The van der Waals surface area contributed by atoms with Crippen LogP contribution < -0.4 is 5.32 Å². The lowest BCUT2D eigenvalue weighted by Gasteiger charge is -2.26. The second-order valence-corrected chi connectivity index (χ2v) is 8.46. The number of nitrogens with zero attached hydrogens (tertiary/aromatic N) is 3. The van der Waals surface area contributed by atoms with Gasteiger partial charge in [0.15, 0.2) is 5.69 Å². The lowest BCUT2D eigenvalue weighted by atomic mass is 10.1. The number of hydrogen-bond acceptors (Lipinski definition) is 6. The lowest BCUT2D eigenvalue weighted by molar-refractivity contribution is 0.0383. The molecule has 1 amide bonds. The number of nitrogens with one attached hydrogen (secondary N) is 1. The highest BCUT2D eigenvalue weighted by atomic mass is 16.5. The van der Waals surface area contributed by atoms with Crippen LogP contribution in [0.2, 0.25) is 0 Å². The van der Waals surface area contributed by atoms with Crippen molar-refractivity contribution in [1.29, 1.82) is 0 Å². The van der Waals surface area contributed by atoms with Gasteiger partial charge in [0, 0.05) is 39.3 Å². The number of benzene rings is 2. The van der Waals surface area contributed by atoms with Crippen LogP contribution in [-0.4, -0.2) is 60.1 Å². The van der Waals surface area contributed by atoms with Gasteiger partial charge in [-0.3, -0.25) is 14.6 Å². The highest BCUT2D eigenvalue weighted by Gasteiger charge is 2.16. The molecule has 2 heterocycles. The van der Waals surface area contributed by atoms with Crippen LogP contribution in [0.25, 0.3) is 0 Å². The zero-order valence-electron chi connectivity index (χ0n) is 19.2. The largest absolute Gasteiger partial charge is 0.447 e. The standard InChI is InChI=1S/C26H32N4O3/c1-21-6-5-9-23(16-21)18-30(17-22-7-3-2-4-8-22)19-25-28-24(20-33-25)26(31)27-10-11-29-12-14-32-15-13-29/h2-9,16,20H,10-15,17-19H2,1H3,(H,27,31). The summed E-state index contributed by atoms with van der Waals surface area (Å²) in [6.45, 7) is 8.84. The second-order valence-electron chi connectivity index (χ2n) is 8.46. The maximum Gasteiger partial charge on any atom is 0.273 e. The SMILES string of the molecule is Cc1cccc(CN(Cc2ccccc2)Cc2nc(C(=O)NCCN3CCOCC3)co2)c1. The van der Waals surface area contributed by atoms with Crippen molar-refractivity contribution in [3.63, 3.8) is 0 Å². The summed E-state index contributed by atoms with van der Waals surface area (Å²) >= 11 is 0. The first-order chi connectivity index (χ1) is 16.2. The van der Waals surface area contributed by atoms with Gasteiger partial charge in [0.1, 0.15) is 6.26 Å². The number of amides is 1. The molecule has 1 fully saturated rings. The predicted octanol–water partition coefficient (Wildman–Crippen LogP) is 3.25. The second kappa shape index (κ2) is 11.7. The molecule has 33 heavy (non-hydrogen) atoms. The Labute approximate surface area is 195 Å². The number of morpholine rings is 1. The molecule has 174 valence electrons. The van der Waals surface area contributed by atoms with Gasteiger partial charge in [-0.25, -0.2) is 4.98 Å². The topological polar surface area (TPSA) is 70.8 Å². The highest BCUT2D eigenvalue weighted by molar-refractivity contribution is 5.91. The van der Waals surface area contributed by atoms with E-state index in [0.717, 1.165) is 45.9 Å². The van der Waals surface area contributed by atoms with Gasteiger partial charge in [0.2, 0.25) is 5.89 Å². The van der Waals surface area contributed by atoms with E-state index in [0.29, 0.717) is 24.7 Å². The quantitative estimate of drug-likeness (QED) is 0.514. The van der Waals surface area contributed by atoms with Gasteiger partial charge in [0.05, 0.1) is 19.8 Å². The minimum Gasteiger partial charge on any atom is -0.447 e. The van der Waals surface area contributed by atoms with Gasteiger partial charge in [-0.2, -0.15) is 0 Å². The average molecular weight is 449 g/mol. The zero-order valence-corrected chi connectivity index (χ0v) is 19.2. The number of oxazole rings is 1. The Hall–Kier alpha value is -3.00. The van der Waals surface area contributed by atoms with Crippen LogP contribution in [0.4, 0.5) is 0 Å². The summed E-state index contributed by atoms with van der Waals surface area (Å²) in [5, 5.41) is 2.94. The fourth-order valence-corrected chi connectivity index (χ4v) is 4.00. The van der Waals surface area contributed by atoms with Gasteiger partial charge in [0.25, 0.3) is 5.91 Å². The predicted molar refractivity (Wildman–Crippen MR) is 127 cm³/mol. The van der Waals surface area contributed by atoms with Crippen molar-refractivity contribution in [2.45, 2.75) is 26.6 Å². The third-order valence-corrected chi connectivity index (χ3v) is 5.70. The summed E-state index contributed by atoms with van der Waals surface area (Å²) in [6.07, 6.45) is 1.45. The summed E-state index contributed by atoms with van der Waals surface area (Å²) < 4.78 is 11.0. The molecular formula is C26H32N4O3. The minimum atomic E-state index is -0.202. The Balaban J connectivity index is 1.36. The van der Waals surface area contributed by atoms with Crippen LogP contribution >= 0.6 is 0 Å². The molecule has 1 aliphatic rings. The Morgan fingerprint density at radius 2 is 1.79 bits per heavy atom. The number of rotatable bonds is 10. The van der Waals surface area contributed by atoms with E-state index in [1.165, 1.54) is 23.0 Å². The molecule has 0 spiro atoms. The zero-order chi connectivity index (χ0) is 22.9. The van der Waals surface area contributed by atoms with Crippen LogP contribution in [0.3, 0.4) is 0 Å². The summed E-state index contributed by atoms with van der Waals surface area (Å²) in [4.78, 5) is 21.5. The molecule has 3 aromatic rings. The molecular weight excluding hydrogens is 416 g/mol. The van der Waals surface area contributed by atoms with Crippen molar-refractivity contribution in [2.24, 2.45) is 0 Å². The molecule has 2 aromatic carbocycles. The fourth-order valence-electron chi connectivity index (χ4n) is 4.00. The van der Waals surface area contributed by atoms with E-state index >= 15 is 0 Å². The van der Waals surface area contributed by atoms with Gasteiger partial charge in [-0.05, 0) is 18.1 Å². The Bertz CT molecular complexity index is 1020. The normalized spacial score (nSPS) is 14.5. The van der Waals surface area contributed by atoms with Gasteiger partial charge < -0.3 is 14.5 Å². The number of carbonyl (C=O) groups excluding carboxylic acids is 1. The van der Waals surface area contributed by atoms with Crippen LogP contribution in [-0.2, 0) is 24.4 Å². The van der Waals surface area contributed by atoms with Crippen molar-refractivity contribution >= 4 is 5.91 Å². The lowest BCUT2D eigenvalue weighted by Crippen LogP contribution is -2.41. The van der Waals surface area contributed by atoms with E-state index in [1.54, 1.807) is 0 Å². The molecule has 0 unspecified atom stereocenters. The molecule has 0 aliphatic carbocycles. The Kier molecular flexibility index (Phi) is 8.24. The van der Waals surface area contributed by atoms with Crippen molar-refractivity contribution in [2.75, 3.05) is 39.4 Å². The highest BCUT2D eigenvalue weighted by Crippen LogP contribution is 2.15. The van der Waals surface area contributed by atoms with Gasteiger partial charge in [-0.15, -0.1) is 0 Å². The Morgan fingerprint density at radius 3 is 2.58 bits per heavy atom. The molecule has 1 aromatic heterocycles. The average Bonchev–Trinajstić information content (AvgIpc) is 3.29. The molecule has 0 radical (unpaired) electrons. The van der Waals surface area contributed by atoms with E-state index in [1.807, 2.05) is 18.2 Å². The number of aromatic nitrogens is 1. The van der Waals surface area contributed by atoms with Crippen LogP contribution in [0.15, 0.2) is 65.3 Å². The third kappa shape index (κ3) is 7.25. The molecule has 1 aliphatic heterocycles. The monoisotopic (exact) mass is 448 g/mol. The van der Waals surface area contributed by atoms with Crippen molar-refractivity contribution in [3.05, 3.63) is 89.1 Å². The first-order valence-corrected chi connectivity index (χ1v) is 11.5. The number of hydrogen-bond donors (Lipinski definition) is 1. The molecule has 0 bridgehead atoms. The van der Waals surface area contributed by atoms with Crippen LogP contribution in [0.1, 0.15) is 33.1 Å². The van der Waals surface area contributed by atoms with Crippen molar-refractivity contribution in [1.82, 2.24) is 20.1 Å². The molecule has 7 nitrogen and oxygen atoms in total. The maximum atomic E-state index is 12.5. The maximum absolute atomic E-state index is 12.5. The number of aryl methyl sites for hydroxylation is 1. The van der Waals surface area contributed by atoms with Crippen molar-refractivity contribution < 1.29 is 13.9 Å². The van der Waals surface area contributed by atoms with Gasteiger partial charge >= 0.3 is 0 Å². The first-order valence-electron chi connectivity index (χ1n) is 11.5. The van der Waals surface area contributed by atoms with Crippen molar-refractivity contribution in [3.8, 4) is 0 Å². The summed E-state index contributed by atoms with van der Waals surface area (Å²) in [5.74, 6) is 0.337. The van der Waals surface area contributed by atoms with E-state index in [4.69, 9.17) is 9.15 Å². The van der Waals surface area contributed by atoms with Crippen LogP contribution in [0.5, 0.6) is 0 Å². The number of carbonyl (C=O) groups is 1. The molecule has 0 atom stereocenters. The first kappa shape index (κ1) is 23.2. The molecule has 0 saturated carbocycles. The molecule has 1 N–H and O–H groups in total. The summed E-state index contributed by atoms with van der Waals surface area (Å²) in [7, 11) is 0. The summed E-state index contributed by atoms with van der Waals surface area (Å²) in [5.41, 5.74) is 4.01.